The molecule has 3 fully saturated rings. The van der Waals surface area contributed by atoms with Crippen molar-refractivity contribution in [2.45, 2.75) is 68.8 Å². The van der Waals surface area contributed by atoms with Crippen LogP contribution in [0.1, 0.15) is 61.1 Å². The molecule has 10 heteroatoms. The fraction of sp³-hybridized carbons (Fsp3) is 0.462. The van der Waals surface area contributed by atoms with Crippen molar-refractivity contribution in [1.82, 2.24) is 13.4 Å². The lowest BCUT2D eigenvalue weighted by Gasteiger charge is -2.72. The van der Waals surface area contributed by atoms with E-state index in [4.69, 9.17) is 9.47 Å². The molecule has 0 spiro atoms. The number of aryl methyl sites for hydroxylation is 1. The smallest absolute Gasteiger partial charge is 0.273 e. The molecule has 1 aromatic carbocycles. The van der Waals surface area contributed by atoms with E-state index in [1.807, 2.05) is 48.0 Å². The summed E-state index contributed by atoms with van der Waals surface area (Å²) in [7, 11) is 2.75. The van der Waals surface area contributed by atoms with E-state index in [1.165, 1.54) is 0 Å². The highest BCUT2D eigenvalue weighted by Gasteiger charge is 2.72. The van der Waals surface area contributed by atoms with Crippen molar-refractivity contribution in [3.63, 3.8) is 0 Å². The molecule has 3 saturated carbocycles. The maximum Gasteiger partial charge on any atom is 0.273 e. The Kier molecular flexibility index (Phi) is 6.31. The molecule has 2 heterocycles. The van der Waals surface area contributed by atoms with Gasteiger partial charge in [0.25, 0.3) is 11.8 Å². The molecule has 1 aromatic heterocycles. The summed E-state index contributed by atoms with van der Waals surface area (Å²) in [6.45, 7) is 5.93. The molecule has 0 saturated heterocycles. The summed E-state index contributed by atoms with van der Waals surface area (Å²) in [5, 5.41) is 2.94. The lowest BCUT2D eigenvalue weighted by molar-refractivity contribution is -0.171. The summed E-state index contributed by atoms with van der Waals surface area (Å²) in [6.07, 6.45) is 2.87. The molecular formula is C26H29IN3O5P. The number of rotatable bonds is 7. The lowest BCUT2D eigenvalue weighted by Crippen LogP contribution is -2.83. The Bertz CT molecular complexity index is 1220. The van der Waals surface area contributed by atoms with Gasteiger partial charge >= 0.3 is 0 Å². The number of carbonyl (C=O) groups is 3. The summed E-state index contributed by atoms with van der Waals surface area (Å²) in [6, 6.07) is 9.12. The summed E-state index contributed by atoms with van der Waals surface area (Å²) in [4.78, 5) is 42.7. The first kappa shape index (κ1) is 25.4. The monoisotopic (exact) mass is 621 g/mol. The van der Waals surface area contributed by atoms with Crippen LogP contribution in [0.3, 0.4) is 0 Å². The van der Waals surface area contributed by atoms with Gasteiger partial charge < -0.3 is 14.8 Å². The Morgan fingerprint density at radius 1 is 1.28 bits per heavy atom. The average molecular weight is 621 g/mol. The second kappa shape index (κ2) is 8.94. The van der Waals surface area contributed by atoms with Gasteiger partial charge in [-0.3, -0.25) is 22.5 Å². The van der Waals surface area contributed by atoms with Gasteiger partial charge in [0.15, 0.2) is 18.5 Å². The molecule has 3 aliphatic carbocycles. The van der Waals surface area contributed by atoms with Crippen LogP contribution < -0.4 is 14.8 Å². The van der Waals surface area contributed by atoms with Gasteiger partial charge in [-0.25, -0.2) is 0 Å². The Balaban J connectivity index is 1.11. The highest BCUT2D eigenvalue weighted by molar-refractivity contribution is 14.1. The first-order valence-electron chi connectivity index (χ1n) is 11.9. The van der Waals surface area contributed by atoms with Crippen molar-refractivity contribution >= 4 is 49.7 Å². The quantitative estimate of drug-likeness (QED) is 0.287. The highest BCUT2D eigenvalue weighted by atomic mass is 127. The Morgan fingerprint density at radius 3 is 2.64 bits per heavy atom. The summed E-state index contributed by atoms with van der Waals surface area (Å²) in [5.41, 5.74) is 1.82. The first-order chi connectivity index (χ1) is 16.9. The fourth-order valence-corrected chi connectivity index (χ4v) is 6.33. The number of amides is 2. The molecule has 8 nitrogen and oxygen atoms in total. The van der Waals surface area contributed by atoms with E-state index in [0.29, 0.717) is 36.3 Å². The minimum Gasteiger partial charge on any atom is -0.482 e. The van der Waals surface area contributed by atoms with Gasteiger partial charge in [-0.2, -0.15) is 0 Å². The number of hydrogen-bond donors (Lipinski definition) is 1. The Hall–Kier alpha value is -2.26. The SMILES string of the molecule is Cc1ccc2c(c1)C(=O)C[C@@H](C(=O)N(I)C13CC(NC(=O)COc4ccc(C(C)(C)P)nc4)(C1)C3)O2. The second-order valence-electron chi connectivity index (χ2n) is 10.8. The van der Waals surface area contributed by atoms with E-state index in [2.05, 4.69) is 33.4 Å². The number of fused-ring (bicyclic) bond motifs is 1. The van der Waals surface area contributed by atoms with Crippen LogP contribution in [0.25, 0.3) is 0 Å². The molecule has 2 bridgehead atoms. The van der Waals surface area contributed by atoms with Gasteiger partial charge in [-0.05, 0) is 50.5 Å². The van der Waals surface area contributed by atoms with Crippen molar-refractivity contribution in [2.75, 3.05) is 6.61 Å². The van der Waals surface area contributed by atoms with Gasteiger partial charge in [0, 0.05) is 16.4 Å². The third-order valence-electron chi connectivity index (χ3n) is 7.13. The number of nitrogens with one attached hydrogen (secondary N) is 1. The van der Waals surface area contributed by atoms with Gasteiger partial charge in [-0.15, -0.1) is 9.24 Å². The van der Waals surface area contributed by atoms with Crippen LogP contribution in [0.2, 0.25) is 0 Å². The number of pyridine rings is 1. The zero-order chi connectivity index (χ0) is 25.9. The normalized spacial score (nSPS) is 26.0. The van der Waals surface area contributed by atoms with E-state index in [9.17, 15) is 14.4 Å². The third kappa shape index (κ3) is 4.60. The fourth-order valence-electron chi connectivity index (χ4n) is 5.34. The lowest BCUT2D eigenvalue weighted by atomic mass is 9.44. The van der Waals surface area contributed by atoms with E-state index >= 15 is 0 Å². The summed E-state index contributed by atoms with van der Waals surface area (Å²) in [5.74, 6) is 0.524. The molecule has 6 rings (SSSR count). The molecule has 2 amide bonds. The van der Waals surface area contributed by atoms with Crippen molar-refractivity contribution in [3.8, 4) is 11.5 Å². The molecule has 1 aliphatic heterocycles. The zero-order valence-corrected chi connectivity index (χ0v) is 23.8. The maximum atomic E-state index is 13.2. The molecule has 2 aromatic rings. The van der Waals surface area contributed by atoms with Crippen LogP contribution >= 0.6 is 32.1 Å². The number of aromatic nitrogens is 1. The van der Waals surface area contributed by atoms with Crippen LogP contribution in [-0.4, -0.2) is 49.5 Å². The zero-order valence-electron chi connectivity index (χ0n) is 20.5. The van der Waals surface area contributed by atoms with Gasteiger partial charge in [0.1, 0.15) is 11.5 Å². The number of halogens is 1. The van der Waals surface area contributed by atoms with Crippen LogP contribution in [0, 0.1) is 6.92 Å². The van der Waals surface area contributed by atoms with E-state index in [-0.39, 0.29) is 46.9 Å². The van der Waals surface area contributed by atoms with E-state index in [0.717, 1.165) is 11.3 Å². The van der Waals surface area contributed by atoms with Gasteiger partial charge in [0.2, 0.25) is 0 Å². The van der Waals surface area contributed by atoms with Crippen molar-refractivity contribution in [3.05, 3.63) is 53.3 Å². The number of carbonyl (C=O) groups excluding carboxylic acids is 3. The maximum absolute atomic E-state index is 13.2. The summed E-state index contributed by atoms with van der Waals surface area (Å²) >= 11 is 2.03. The largest absolute Gasteiger partial charge is 0.482 e. The van der Waals surface area contributed by atoms with Crippen LogP contribution in [-0.2, 0) is 14.7 Å². The molecule has 4 aliphatic rings. The molecular weight excluding hydrogens is 592 g/mol. The molecule has 190 valence electrons. The van der Waals surface area contributed by atoms with Crippen LogP contribution in [0.5, 0.6) is 11.5 Å². The molecule has 0 radical (unpaired) electrons. The van der Waals surface area contributed by atoms with Crippen molar-refractivity contribution in [2.24, 2.45) is 0 Å². The summed E-state index contributed by atoms with van der Waals surface area (Å²) < 4.78 is 13.2. The van der Waals surface area contributed by atoms with Crippen molar-refractivity contribution < 1.29 is 23.9 Å². The number of nitrogens with zero attached hydrogens (tertiary/aromatic N) is 2. The second-order valence-corrected chi connectivity index (χ2v) is 13.2. The number of hydrogen-bond acceptors (Lipinski definition) is 6. The van der Waals surface area contributed by atoms with Gasteiger partial charge in [0.05, 0.1) is 46.6 Å². The van der Waals surface area contributed by atoms with Gasteiger partial charge in [-0.1, -0.05) is 25.5 Å². The molecule has 1 unspecified atom stereocenters. The average Bonchev–Trinajstić information content (AvgIpc) is 2.78. The van der Waals surface area contributed by atoms with Crippen LogP contribution in [0.4, 0.5) is 0 Å². The van der Waals surface area contributed by atoms with E-state index in [1.54, 1.807) is 21.4 Å². The number of Topliss-reactive ketones (excluding diaryl/α,β-unsaturated/α-hetero) is 1. The predicted octanol–water partition coefficient (Wildman–Crippen LogP) is 3.88. The number of benzene rings is 1. The molecule has 36 heavy (non-hydrogen) atoms. The standard InChI is InChI=1S/C26H29IN3O5P/c1-15-4-6-19-17(8-15)18(31)9-20(35-19)23(33)30(27)26-12-25(13-26,14-26)29-22(32)11-34-16-5-7-21(28-10-16)24(2,3)36/h4-8,10,20H,9,11-14,36H2,1-3H3,(H,29,32)/t20-,25?,26?/m0/s1. The Morgan fingerprint density at radius 2 is 2.00 bits per heavy atom. The minimum absolute atomic E-state index is 0.0362. The van der Waals surface area contributed by atoms with Crippen molar-refractivity contribution in [1.29, 1.82) is 0 Å². The van der Waals surface area contributed by atoms with Crippen LogP contribution in [0.15, 0.2) is 36.5 Å². The minimum atomic E-state index is -0.825. The predicted molar refractivity (Wildman–Crippen MR) is 145 cm³/mol. The first-order valence-corrected chi connectivity index (χ1v) is 13.4. The topological polar surface area (TPSA) is 97.8 Å². The Labute approximate surface area is 226 Å². The van der Waals surface area contributed by atoms with E-state index < -0.39 is 6.10 Å². The molecule has 1 N–H and O–H groups in total. The highest BCUT2D eigenvalue weighted by Crippen LogP contribution is 2.64. The number of ether oxygens (including phenoxy) is 2. The third-order valence-corrected chi connectivity index (χ3v) is 8.93. The number of ketones is 1. The molecule has 2 atom stereocenters.